The van der Waals surface area contributed by atoms with E-state index in [0.717, 1.165) is 23.6 Å². The van der Waals surface area contributed by atoms with E-state index in [1.165, 1.54) is 16.7 Å². The molecule has 0 aliphatic rings. The fourth-order valence-electron chi connectivity index (χ4n) is 3.14. The summed E-state index contributed by atoms with van der Waals surface area (Å²) in [5.74, 6) is 1.57. The molecule has 0 heterocycles. The van der Waals surface area contributed by atoms with Crippen LogP contribution in [0.15, 0.2) is 72.8 Å². The SMILES string of the molecule is CCOc1cc(CNC(C)c2ccccc2)ccc1OCc1cccc(C)c1. The number of hydrogen-bond donors (Lipinski definition) is 1. The Hall–Kier alpha value is -2.78. The lowest BCUT2D eigenvalue weighted by Crippen LogP contribution is -2.18. The molecule has 3 rings (SSSR count). The lowest BCUT2D eigenvalue weighted by molar-refractivity contribution is 0.269. The van der Waals surface area contributed by atoms with Crippen LogP contribution in [0.4, 0.5) is 0 Å². The maximum atomic E-state index is 6.04. The van der Waals surface area contributed by atoms with Gasteiger partial charge in [-0.25, -0.2) is 0 Å². The summed E-state index contributed by atoms with van der Waals surface area (Å²) in [5, 5.41) is 3.57. The summed E-state index contributed by atoms with van der Waals surface area (Å²) in [5.41, 5.74) is 4.85. The highest BCUT2D eigenvalue weighted by Gasteiger charge is 2.09. The Morgan fingerprint density at radius 1 is 0.821 bits per heavy atom. The molecule has 3 heteroatoms. The molecule has 0 amide bonds. The average molecular weight is 376 g/mol. The molecule has 0 fully saturated rings. The topological polar surface area (TPSA) is 30.5 Å². The third kappa shape index (κ3) is 5.61. The summed E-state index contributed by atoms with van der Waals surface area (Å²) >= 11 is 0. The van der Waals surface area contributed by atoms with Gasteiger partial charge in [0.25, 0.3) is 0 Å². The average Bonchev–Trinajstić information content (AvgIpc) is 2.72. The van der Waals surface area contributed by atoms with Crippen LogP contribution in [0.3, 0.4) is 0 Å². The first kappa shape index (κ1) is 20.0. The molecule has 1 N–H and O–H groups in total. The molecule has 0 saturated heterocycles. The number of nitrogens with one attached hydrogen (secondary N) is 1. The molecule has 0 aliphatic carbocycles. The van der Waals surface area contributed by atoms with Crippen LogP contribution in [0, 0.1) is 6.92 Å². The van der Waals surface area contributed by atoms with Crippen molar-refractivity contribution in [2.24, 2.45) is 0 Å². The Morgan fingerprint density at radius 3 is 2.39 bits per heavy atom. The van der Waals surface area contributed by atoms with Gasteiger partial charge in [-0.15, -0.1) is 0 Å². The normalized spacial score (nSPS) is 11.8. The van der Waals surface area contributed by atoms with E-state index < -0.39 is 0 Å². The Morgan fingerprint density at radius 2 is 1.64 bits per heavy atom. The molecule has 0 bridgehead atoms. The zero-order valence-electron chi connectivity index (χ0n) is 16.9. The Kier molecular flexibility index (Phi) is 7.10. The summed E-state index contributed by atoms with van der Waals surface area (Å²) in [6.45, 7) is 8.18. The van der Waals surface area contributed by atoms with Gasteiger partial charge in [0, 0.05) is 12.6 Å². The Labute approximate surface area is 168 Å². The zero-order chi connectivity index (χ0) is 19.8. The summed E-state index contributed by atoms with van der Waals surface area (Å²) in [4.78, 5) is 0. The molecule has 0 aliphatic heterocycles. The Bertz CT molecular complexity index is 877. The van der Waals surface area contributed by atoms with E-state index >= 15 is 0 Å². The van der Waals surface area contributed by atoms with E-state index in [9.17, 15) is 0 Å². The molecule has 3 aromatic carbocycles. The molecule has 1 atom stereocenters. The number of rotatable bonds is 9. The number of aryl methyl sites for hydroxylation is 1. The van der Waals surface area contributed by atoms with Crippen molar-refractivity contribution in [1.82, 2.24) is 5.32 Å². The van der Waals surface area contributed by atoms with Crippen molar-refractivity contribution < 1.29 is 9.47 Å². The van der Waals surface area contributed by atoms with Gasteiger partial charge < -0.3 is 14.8 Å². The Balaban J connectivity index is 1.64. The van der Waals surface area contributed by atoms with Crippen molar-refractivity contribution in [2.75, 3.05) is 6.61 Å². The summed E-state index contributed by atoms with van der Waals surface area (Å²) in [6, 6.07) is 25.3. The molecule has 3 aromatic rings. The predicted molar refractivity (Wildman–Crippen MR) is 115 cm³/mol. The van der Waals surface area contributed by atoms with Gasteiger partial charge >= 0.3 is 0 Å². The van der Waals surface area contributed by atoms with Crippen LogP contribution >= 0.6 is 0 Å². The predicted octanol–water partition coefficient (Wildman–Crippen LogP) is 5.82. The van der Waals surface area contributed by atoms with E-state index in [-0.39, 0.29) is 6.04 Å². The molecule has 1 unspecified atom stereocenters. The van der Waals surface area contributed by atoms with E-state index in [0.29, 0.717) is 13.2 Å². The molecule has 0 saturated carbocycles. The lowest BCUT2D eigenvalue weighted by atomic mass is 10.1. The van der Waals surface area contributed by atoms with E-state index in [1.54, 1.807) is 0 Å². The fraction of sp³-hybridized carbons (Fsp3) is 0.280. The fourth-order valence-corrected chi connectivity index (χ4v) is 3.14. The largest absolute Gasteiger partial charge is 0.490 e. The number of benzene rings is 3. The minimum atomic E-state index is 0.286. The smallest absolute Gasteiger partial charge is 0.161 e. The maximum Gasteiger partial charge on any atom is 0.161 e. The van der Waals surface area contributed by atoms with Crippen LogP contribution in [0.5, 0.6) is 11.5 Å². The molecule has 0 radical (unpaired) electrons. The highest BCUT2D eigenvalue weighted by atomic mass is 16.5. The van der Waals surface area contributed by atoms with Crippen molar-refractivity contribution in [3.05, 3.63) is 95.1 Å². The minimum Gasteiger partial charge on any atom is -0.490 e. The maximum absolute atomic E-state index is 6.04. The first-order chi connectivity index (χ1) is 13.7. The van der Waals surface area contributed by atoms with Crippen molar-refractivity contribution in [3.8, 4) is 11.5 Å². The van der Waals surface area contributed by atoms with Crippen LogP contribution in [0.2, 0.25) is 0 Å². The third-order valence-electron chi connectivity index (χ3n) is 4.70. The number of hydrogen-bond acceptors (Lipinski definition) is 3. The van der Waals surface area contributed by atoms with Gasteiger partial charge in [-0.05, 0) is 49.6 Å². The van der Waals surface area contributed by atoms with Crippen molar-refractivity contribution in [3.63, 3.8) is 0 Å². The molecule has 146 valence electrons. The second-order valence-corrected chi connectivity index (χ2v) is 7.01. The van der Waals surface area contributed by atoms with E-state index in [2.05, 4.69) is 79.8 Å². The minimum absolute atomic E-state index is 0.286. The zero-order valence-corrected chi connectivity index (χ0v) is 16.9. The number of ether oxygens (including phenoxy) is 2. The quantitative estimate of drug-likeness (QED) is 0.511. The molecule has 0 aromatic heterocycles. The first-order valence-corrected chi connectivity index (χ1v) is 9.88. The van der Waals surface area contributed by atoms with Crippen molar-refractivity contribution in [1.29, 1.82) is 0 Å². The standard InChI is InChI=1S/C25H29NO2/c1-4-27-25-16-21(17-26-20(3)23-11-6-5-7-12-23)13-14-24(25)28-18-22-10-8-9-19(2)15-22/h5-16,20,26H,4,17-18H2,1-3H3. The van der Waals surface area contributed by atoms with Crippen LogP contribution in [0.25, 0.3) is 0 Å². The summed E-state index contributed by atoms with van der Waals surface area (Å²) < 4.78 is 11.9. The molecule has 28 heavy (non-hydrogen) atoms. The van der Waals surface area contributed by atoms with Gasteiger partial charge in [0.15, 0.2) is 11.5 Å². The lowest BCUT2D eigenvalue weighted by Gasteiger charge is -2.16. The molecule has 0 spiro atoms. The highest BCUT2D eigenvalue weighted by molar-refractivity contribution is 5.43. The van der Waals surface area contributed by atoms with Gasteiger partial charge in [0.05, 0.1) is 6.61 Å². The van der Waals surface area contributed by atoms with Crippen LogP contribution in [0.1, 0.15) is 42.1 Å². The second kappa shape index (κ2) is 9.95. The van der Waals surface area contributed by atoms with Gasteiger partial charge in [-0.3, -0.25) is 0 Å². The van der Waals surface area contributed by atoms with Gasteiger partial charge in [-0.2, -0.15) is 0 Å². The van der Waals surface area contributed by atoms with Crippen LogP contribution in [-0.4, -0.2) is 6.61 Å². The first-order valence-electron chi connectivity index (χ1n) is 9.88. The van der Waals surface area contributed by atoms with Crippen LogP contribution < -0.4 is 14.8 Å². The summed E-state index contributed by atoms with van der Waals surface area (Å²) in [6.07, 6.45) is 0. The van der Waals surface area contributed by atoms with E-state index in [1.807, 2.05) is 19.1 Å². The monoisotopic (exact) mass is 375 g/mol. The molecular formula is C25H29NO2. The van der Waals surface area contributed by atoms with E-state index in [4.69, 9.17) is 9.47 Å². The second-order valence-electron chi connectivity index (χ2n) is 7.01. The van der Waals surface area contributed by atoms with Gasteiger partial charge in [-0.1, -0.05) is 66.2 Å². The third-order valence-corrected chi connectivity index (χ3v) is 4.70. The van der Waals surface area contributed by atoms with Crippen molar-refractivity contribution in [2.45, 2.75) is 40.0 Å². The van der Waals surface area contributed by atoms with Crippen molar-refractivity contribution >= 4 is 0 Å². The summed E-state index contributed by atoms with van der Waals surface area (Å²) in [7, 11) is 0. The van der Waals surface area contributed by atoms with Gasteiger partial charge in [0.2, 0.25) is 0 Å². The molecular weight excluding hydrogens is 346 g/mol. The van der Waals surface area contributed by atoms with Gasteiger partial charge in [0.1, 0.15) is 6.61 Å². The highest BCUT2D eigenvalue weighted by Crippen LogP contribution is 2.29. The molecule has 3 nitrogen and oxygen atoms in total. The van der Waals surface area contributed by atoms with Crippen LogP contribution in [-0.2, 0) is 13.2 Å².